The van der Waals surface area contributed by atoms with Gasteiger partial charge in [0.15, 0.2) is 0 Å². The number of amides is 1. The number of aromatic nitrogens is 3. The quantitative estimate of drug-likeness (QED) is 0.721. The first kappa shape index (κ1) is 14.1. The van der Waals surface area contributed by atoms with Gasteiger partial charge in [0.2, 0.25) is 0 Å². The smallest absolute Gasteiger partial charge is 0.254 e. The van der Waals surface area contributed by atoms with E-state index in [0.717, 1.165) is 34.7 Å². The summed E-state index contributed by atoms with van der Waals surface area (Å²) in [5.74, 6) is 0.949. The van der Waals surface area contributed by atoms with Gasteiger partial charge in [-0.25, -0.2) is 9.97 Å². The number of hydrogen-bond acceptors (Lipinski definition) is 6. The van der Waals surface area contributed by atoms with Crippen molar-refractivity contribution in [2.24, 2.45) is 0 Å². The average Bonchev–Trinajstić information content (AvgIpc) is 3.10. The number of nitrogens with zero attached hydrogens (tertiary/aromatic N) is 5. The molecule has 0 bridgehead atoms. The molecule has 0 spiro atoms. The van der Waals surface area contributed by atoms with Crippen LogP contribution in [0, 0.1) is 0 Å². The Morgan fingerprint density at radius 1 is 1.09 bits per heavy atom. The van der Waals surface area contributed by atoms with Gasteiger partial charge in [-0.05, 0) is 18.2 Å². The summed E-state index contributed by atoms with van der Waals surface area (Å²) in [6.07, 6.45) is 5.12. The molecule has 1 aliphatic heterocycles. The van der Waals surface area contributed by atoms with E-state index in [1.54, 1.807) is 35.4 Å². The minimum atomic E-state index is 0.0825. The lowest BCUT2D eigenvalue weighted by Crippen LogP contribution is -2.49. The number of thiazole rings is 1. The molecule has 3 heterocycles. The van der Waals surface area contributed by atoms with Gasteiger partial charge in [0, 0.05) is 44.1 Å². The second-order valence-corrected chi connectivity index (χ2v) is 6.26. The van der Waals surface area contributed by atoms with Gasteiger partial charge >= 0.3 is 0 Å². The number of rotatable bonds is 2. The molecule has 1 saturated heterocycles. The van der Waals surface area contributed by atoms with E-state index in [1.165, 1.54) is 0 Å². The Morgan fingerprint density at radius 3 is 2.74 bits per heavy atom. The Morgan fingerprint density at radius 2 is 1.96 bits per heavy atom. The van der Waals surface area contributed by atoms with Crippen molar-refractivity contribution >= 4 is 33.3 Å². The zero-order valence-electron chi connectivity index (χ0n) is 12.4. The Kier molecular flexibility index (Phi) is 3.63. The molecule has 0 radical (unpaired) electrons. The van der Waals surface area contributed by atoms with Gasteiger partial charge in [0.05, 0.1) is 21.9 Å². The predicted octanol–water partition coefficient (Wildman–Crippen LogP) is 2.05. The Bertz CT molecular complexity index is 827. The summed E-state index contributed by atoms with van der Waals surface area (Å²) < 4.78 is 1.05. The van der Waals surface area contributed by atoms with E-state index in [-0.39, 0.29) is 5.91 Å². The monoisotopic (exact) mass is 325 g/mol. The van der Waals surface area contributed by atoms with Crippen molar-refractivity contribution in [3.63, 3.8) is 0 Å². The molecule has 1 fully saturated rings. The van der Waals surface area contributed by atoms with Crippen molar-refractivity contribution in [2.45, 2.75) is 0 Å². The van der Waals surface area contributed by atoms with Crippen molar-refractivity contribution in [3.05, 3.63) is 47.9 Å². The largest absolute Gasteiger partial charge is 0.352 e. The van der Waals surface area contributed by atoms with Crippen LogP contribution in [0.4, 0.5) is 5.82 Å². The molecule has 0 aliphatic carbocycles. The number of fused-ring (bicyclic) bond motifs is 1. The number of benzene rings is 1. The molecule has 7 heteroatoms. The number of carbonyl (C=O) groups is 1. The number of hydrogen-bond donors (Lipinski definition) is 0. The zero-order valence-corrected chi connectivity index (χ0v) is 13.2. The molecule has 3 aromatic rings. The number of piperazine rings is 1. The van der Waals surface area contributed by atoms with Gasteiger partial charge in [0.25, 0.3) is 5.91 Å². The summed E-state index contributed by atoms with van der Waals surface area (Å²) >= 11 is 1.56. The maximum absolute atomic E-state index is 12.7. The average molecular weight is 325 g/mol. The first-order valence-electron chi connectivity index (χ1n) is 7.45. The van der Waals surface area contributed by atoms with Crippen LogP contribution in [0.1, 0.15) is 10.4 Å². The van der Waals surface area contributed by atoms with Crippen molar-refractivity contribution in [1.29, 1.82) is 0 Å². The minimum absolute atomic E-state index is 0.0825. The molecule has 6 nitrogen and oxygen atoms in total. The van der Waals surface area contributed by atoms with E-state index in [1.807, 2.05) is 23.1 Å². The summed E-state index contributed by atoms with van der Waals surface area (Å²) in [5.41, 5.74) is 3.48. The highest BCUT2D eigenvalue weighted by molar-refractivity contribution is 7.16. The van der Waals surface area contributed by atoms with Crippen LogP contribution in [0.15, 0.2) is 42.3 Å². The van der Waals surface area contributed by atoms with Crippen LogP contribution in [-0.4, -0.2) is 51.9 Å². The Balaban J connectivity index is 1.46. The molecule has 2 aromatic heterocycles. The molecule has 1 aromatic carbocycles. The van der Waals surface area contributed by atoms with Crippen LogP contribution in [0.5, 0.6) is 0 Å². The maximum atomic E-state index is 12.7. The van der Waals surface area contributed by atoms with E-state index < -0.39 is 0 Å². The number of anilines is 1. The molecule has 0 N–H and O–H groups in total. The standard InChI is InChI=1S/C16H15N5OS/c22-16(12-1-2-13-14(9-12)23-11-19-13)21-7-5-20(6-8-21)15-10-17-3-4-18-15/h1-4,9-11H,5-8H2. The summed E-state index contributed by atoms with van der Waals surface area (Å²) in [5, 5.41) is 0. The lowest BCUT2D eigenvalue weighted by molar-refractivity contribution is 0.0746. The molecule has 116 valence electrons. The van der Waals surface area contributed by atoms with Crippen LogP contribution >= 0.6 is 11.3 Å². The van der Waals surface area contributed by atoms with Crippen molar-refractivity contribution in [3.8, 4) is 0 Å². The Labute approximate surface area is 137 Å². The van der Waals surface area contributed by atoms with Crippen LogP contribution < -0.4 is 4.90 Å². The highest BCUT2D eigenvalue weighted by Crippen LogP contribution is 2.21. The van der Waals surface area contributed by atoms with Gasteiger partial charge in [-0.1, -0.05) is 0 Å². The van der Waals surface area contributed by atoms with Crippen molar-refractivity contribution in [2.75, 3.05) is 31.1 Å². The topological polar surface area (TPSA) is 62.2 Å². The molecule has 0 unspecified atom stereocenters. The molecule has 0 atom stereocenters. The molecular weight excluding hydrogens is 310 g/mol. The van der Waals surface area contributed by atoms with E-state index in [4.69, 9.17) is 0 Å². The van der Waals surface area contributed by atoms with E-state index in [9.17, 15) is 4.79 Å². The van der Waals surface area contributed by atoms with Crippen LogP contribution in [0.2, 0.25) is 0 Å². The second-order valence-electron chi connectivity index (χ2n) is 5.38. The van der Waals surface area contributed by atoms with Gasteiger partial charge in [-0.15, -0.1) is 11.3 Å². The summed E-state index contributed by atoms with van der Waals surface area (Å²) in [7, 11) is 0. The van der Waals surface area contributed by atoms with E-state index in [2.05, 4.69) is 19.9 Å². The van der Waals surface area contributed by atoms with Gasteiger partial charge in [0.1, 0.15) is 5.82 Å². The summed E-state index contributed by atoms with van der Waals surface area (Å²) in [6.45, 7) is 2.92. The first-order chi connectivity index (χ1) is 11.3. The zero-order chi connectivity index (χ0) is 15.6. The SMILES string of the molecule is O=C(c1ccc2ncsc2c1)N1CCN(c2cnccn2)CC1. The molecule has 0 saturated carbocycles. The summed E-state index contributed by atoms with van der Waals surface area (Å²) in [4.78, 5) is 29.4. The molecule has 23 heavy (non-hydrogen) atoms. The fourth-order valence-electron chi connectivity index (χ4n) is 2.76. The molecule has 4 rings (SSSR count). The van der Waals surface area contributed by atoms with Crippen LogP contribution in [0.3, 0.4) is 0 Å². The summed E-state index contributed by atoms with van der Waals surface area (Å²) in [6, 6.07) is 5.71. The van der Waals surface area contributed by atoms with Crippen LogP contribution in [0.25, 0.3) is 10.2 Å². The van der Waals surface area contributed by atoms with Gasteiger partial charge in [-0.2, -0.15) is 0 Å². The third-order valence-corrected chi connectivity index (χ3v) is 4.81. The highest BCUT2D eigenvalue weighted by atomic mass is 32.1. The minimum Gasteiger partial charge on any atom is -0.352 e. The van der Waals surface area contributed by atoms with Crippen LogP contribution in [-0.2, 0) is 0 Å². The third kappa shape index (κ3) is 2.75. The lowest BCUT2D eigenvalue weighted by Gasteiger charge is -2.35. The Hall–Kier alpha value is -2.54. The van der Waals surface area contributed by atoms with Crippen molar-refractivity contribution in [1.82, 2.24) is 19.9 Å². The molecule has 1 aliphatic rings. The molecule has 1 amide bonds. The van der Waals surface area contributed by atoms with Gasteiger partial charge in [-0.3, -0.25) is 9.78 Å². The lowest BCUT2D eigenvalue weighted by atomic mass is 10.1. The van der Waals surface area contributed by atoms with E-state index in [0.29, 0.717) is 13.1 Å². The van der Waals surface area contributed by atoms with E-state index >= 15 is 0 Å². The first-order valence-corrected chi connectivity index (χ1v) is 8.33. The molecular formula is C16H15N5OS. The highest BCUT2D eigenvalue weighted by Gasteiger charge is 2.23. The second kappa shape index (κ2) is 5.92. The number of carbonyl (C=O) groups excluding carboxylic acids is 1. The van der Waals surface area contributed by atoms with Gasteiger partial charge < -0.3 is 9.80 Å². The fourth-order valence-corrected chi connectivity index (χ4v) is 3.48. The predicted molar refractivity (Wildman–Crippen MR) is 89.8 cm³/mol. The third-order valence-electron chi connectivity index (χ3n) is 4.02. The van der Waals surface area contributed by atoms with Crippen molar-refractivity contribution < 1.29 is 4.79 Å². The normalized spacial score (nSPS) is 15.1. The fraction of sp³-hybridized carbons (Fsp3) is 0.250. The maximum Gasteiger partial charge on any atom is 0.254 e.